The van der Waals surface area contributed by atoms with Crippen molar-refractivity contribution in [1.82, 2.24) is 4.57 Å². The molecule has 0 radical (unpaired) electrons. The van der Waals surface area contributed by atoms with E-state index < -0.39 is 0 Å². The average Bonchev–Trinajstić information content (AvgIpc) is 3.29. The van der Waals surface area contributed by atoms with Crippen LogP contribution in [-0.2, 0) is 19.5 Å². The molecular weight excluding hydrogens is 362 g/mol. The van der Waals surface area contributed by atoms with Crippen LogP contribution < -0.4 is 14.5 Å². The van der Waals surface area contributed by atoms with E-state index in [9.17, 15) is 4.79 Å². The van der Waals surface area contributed by atoms with Crippen molar-refractivity contribution in [3.63, 3.8) is 0 Å². The molecule has 2 aliphatic rings. The van der Waals surface area contributed by atoms with Crippen molar-refractivity contribution in [3.8, 4) is 5.75 Å². The average molecular weight is 396 g/mol. The maximum absolute atomic E-state index is 12.9. The Morgan fingerprint density at radius 1 is 1.17 bits per heavy atom. The molecule has 1 aromatic heterocycles. The molecule has 154 valence electrons. The van der Waals surface area contributed by atoms with Crippen molar-refractivity contribution in [3.05, 3.63) is 65.0 Å². The molecule has 2 aliphatic heterocycles. The number of piperazine rings is 1. The van der Waals surface area contributed by atoms with E-state index >= 15 is 0 Å². The summed E-state index contributed by atoms with van der Waals surface area (Å²) < 4.78 is 7.78. The number of aromatic nitrogens is 1. The number of rotatable bonds is 7. The highest BCUT2D eigenvalue weighted by Crippen LogP contribution is 2.25. The zero-order valence-corrected chi connectivity index (χ0v) is 17.7. The van der Waals surface area contributed by atoms with Crippen LogP contribution in [0, 0.1) is 13.8 Å². The molecule has 2 N–H and O–H groups in total. The molecule has 0 amide bonds. The standard InChI is InChI=1S/C24H31N3O2/c1-4-8-27-18(2)14-22(19(27)3)23(28)17-26-11-9-25(10-12-26)16-20-5-6-24-21(15-20)7-13-29-24/h4-6,14-15H,1,7-13,16-17H2,2-3H3/p+2. The highest BCUT2D eigenvalue weighted by Gasteiger charge is 2.27. The molecule has 5 nitrogen and oxygen atoms in total. The van der Waals surface area contributed by atoms with E-state index in [-0.39, 0.29) is 5.78 Å². The van der Waals surface area contributed by atoms with Gasteiger partial charge in [-0.25, -0.2) is 0 Å². The van der Waals surface area contributed by atoms with Crippen molar-refractivity contribution in [2.45, 2.75) is 33.4 Å². The summed E-state index contributed by atoms with van der Waals surface area (Å²) >= 11 is 0. The lowest BCUT2D eigenvalue weighted by Crippen LogP contribution is -3.27. The number of hydrogen-bond acceptors (Lipinski definition) is 2. The van der Waals surface area contributed by atoms with Gasteiger partial charge in [0.2, 0.25) is 5.78 Å². The lowest BCUT2D eigenvalue weighted by atomic mass is 10.1. The topological polar surface area (TPSA) is 40.1 Å². The number of ketones is 1. The monoisotopic (exact) mass is 395 g/mol. The Labute approximate surface area is 173 Å². The summed E-state index contributed by atoms with van der Waals surface area (Å²) in [4.78, 5) is 15.9. The number of carbonyl (C=O) groups excluding carboxylic acids is 1. The Morgan fingerprint density at radius 2 is 1.93 bits per heavy atom. The fourth-order valence-corrected chi connectivity index (χ4v) is 4.76. The van der Waals surface area contributed by atoms with Crippen LogP contribution in [0.25, 0.3) is 0 Å². The van der Waals surface area contributed by atoms with Crippen LogP contribution in [0.4, 0.5) is 0 Å². The Balaban J connectivity index is 1.30. The lowest BCUT2D eigenvalue weighted by molar-refractivity contribution is -1.01. The van der Waals surface area contributed by atoms with Crippen molar-refractivity contribution >= 4 is 5.78 Å². The number of nitrogens with one attached hydrogen (secondary N) is 2. The molecule has 1 aromatic carbocycles. The Kier molecular flexibility index (Phi) is 5.88. The van der Waals surface area contributed by atoms with Gasteiger partial charge in [0, 0.05) is 35.5 Å². The number of quaternary nitrogens is 2. The van der Waals surface area contributed by atoms with E-state index in [1.54, 1.807) is 4.90 Å². The highest BCUT2D eigenvalue weighted by molar-refractivity contribution is 5.98. The number of allylic oxidation sites excluding steroid dienone is 1. The summed E-state index contributed by atoms with van der Waals surface area (Å²) in [7, 11) is 0. The number of nitrogens with zero attached hydrogens (tertiary/aromatic N) is 1. The normalized spacial score (nSPS) is 20.9. The Morgan fingerprint density at radius 3 is 2.69 bits per heavy atom. The molecule has 0 saturated carbocycles. The first kappa shape index (κ1) is 19.9. The smallest absolute Gasteiger partial charge is 0.218 e. The first-order valence-electron chi connectivity index (χ1n) is 10.8. The molecule has 1 saturated heterocycles. The van der Waals surface area contributed by atoms with E-state index in [0.29, 0.717) is 6.54 Å². The Bertz CT molecular complexity index is 907. The molecule has 0 atom stereocenters. The number of ether oxygens (including phenoxy) is 1. The molecule has 0 bridgehead atoms. The maximum Gasteiger partial charge on any atom is 0.218 e. The molecule has 0 spiro atoms. The predicted molar refractivity (Wildman–Crippen MR) is 114 cm³/mol. The molecule has 0 aliphatic carbocycles. The van der Waals surface area contributed by atoms with Gasteiger partial charge in [0.05, 0.1) is 6.61 Å². The van der Waals surface area contributed by atoms with Gasteiger partial charge in [-0.3, -0.25) is 4.79 Å². The van der Waals surface area contributed by atoms with E-state index in [1.807, 2.05) is 19.1 Å². The number of Topliss-reactive ketones (excluding diaryl/α,β-unsaturated/α-hetero) is 1. The van der Waals surface area contributed by atoms with Gasteiger partial charge in [0.25, 0.3) is 0 Å². The van der Waals surface area contributed by atoms with Crippen molar-refractivity contribution in [1.29, 1.82) is 0 Å². The first-order valence-corrected chi connectivity index (χ1v) is 10.8. The van der Waals surface area contributed by atoms with E-state index in [0.717, 1.165) is 75.0 Å². The molecular formula is C24H33N3O2+2. The third kappa shape index (κ3) is 4.31. The fraction of sp³-hybridized carbons (Fsp3) is 0.458. The SMILES string of the molecule is C=CCn1c(C)cc(C(=O)C[NH+]2CC[NH+](Cc3ccc4c(c3)CCO4)CC2)c1C. The van der Waals surface area contributed by atoms with E-state index in [1.165, 1.54) is 16.0 Å². The summed E-state index contributed by atoms with van der Waals surface area (Å²) in [6.45, 7) is 15.5. The van der Waals surface area contributed by atoms with Crippen molar-refractivity contribution < 1.29 is 19.3 Å². The molecule has 3 heterocycles. The van der Waals surface area contributed by atoms with Gasteiger partial charge in [-0.15, -0.1) is 6.58 Å². The van der Waals surface area contributed by atoms with Gasteiger partial charge < -0.3 is 19.1 Å². The van der Waals surface area contributed by atoms with Gasteiger partial charge in [0.15, 0.2) is 0 Å². The summed E-state index contributed by atoms with van der Waals surface area (Å²) in [6.07, 6.45) is 2.92. The van der Waals surface area contributed by atoms with Crippen molar-refractivity contribution in [2.24, 2.45) is 0 Å². The van der Waals surface area contributed by atoms with Crippen LogP contribution >= 0.6 is 0 Å². The number of aryl methyl sites for hydroxylation is 1. The highest BCUT2D eigenvalue weighted by atomic mass is 16.5. The van der Waals surface area contributed by atoms with Crippen LogP contribution in [-0.4, -0.2) is 49.7 Å². The minimum atomic E-state index is 0.269. The Hall–Kier alpha value is -2.37. The van der Waals surface area contributed by atoms with Gasteiger partial charge in [-0.2, -0.15) is 0 Å². The second-order valence-corrected chi connectivity index (χ2v) is 8.50. The van der Waals surface area contributed by atoms with Gasteiger partial charge in [0.1, 0.15) is 45.0 Å². The van der Waals surface area contributed by atoms with E-state index in [2.05, 4.69) is 36.3 Å². The summed E-state index contributed by atoms with van der Waals surface area (Å²) in [5.41, 5.74) is 5.84. The van der Waals surface area contributed by atoms with Gasteiger partial charge in [-0.1, -0.05) is 6.08 Å². The van der Waals surface area contributed by atoms with Crippen molar-refractivity contribution in [2.75, 3.05) is 39.3 Å². The number of benzene rings is 1. The van der Waals surface area contributed by atoms with Crippen LogP contribution in [0.3, 0.4) is 0 Å². The van der Waals surface area contributed by atoms with Crippen LogP contribution in [0.1, 0.15) is 32.9 Å². The zero-order valence-electron chi connectivity index (χ0n) is 17.7. The molecule has 1 fully saturated rings. The molecule has 4 rings (SSSR count). The third-order valence-electron chi connectivity index (χ3n) is 6.47. The predicted octanol–water partition coefficient (Wildman–Crippen LogP) is 0.392. The summed E-state index contributed by atoms with van der Waals surface area (Å²) in [6, 6.07) is 8.69. The third-order valence-corrected chi connectivity index (χ3v) is 6.47. The molecule has 5 heteroatoms. The molecule has 0 unspecified atom stereocenters. The molecule has 29 heavy (non-hydrogen) atoms. The minimum Gasteiger partial charge on any atom is -0.493 e. The number of hydrogen-bond donors (Lipinski definition) is 2. The van der Waals surface area contributed by atoms with Crippen LogP contribution in [0.2, 0.25) is 0 Å². The van der Waals surface area contributed by atoms with Crippen LogP contribution in [0.5, 0.6) is 5.75 Å². The summed E-state index contributed by atoms with van der Waals surface area (Å²) in [5, 5.41) is 0. The maximum atomic E-state index is 12.9. The quantitative estimate of drug-likeness (QED) is 0.526. The second kappa shape index (κ2) is 8.56. The minimum absolute atomic E-state index is 0.269. The van der Waals surface area contributed by atoms with Gasteiger partial charge in [-0.05, 0) is 43.7 Å². The zero-order chi connectivity index (χ0) is 20.4. The lowest BCUT2D eigenvalue weighted by Gasteiger charge is -2.29. The van der Waals surface area contributed by atoms with Crippen LogP contribution in [0.15, 0.2) is 36.9 Å². The number of carbonyl (C=O) groups is 1. The molecule has 2 aromatic rings. The second-order valence-electron chi connectivity index (χ2n) is 8.50. The summed E-state index contributed by atoms with van der Waals surface area (Å²) in [5.74, 6) is 1.33. The largest absolute Gasteiger partial charge is 0.493 e. The van der Waals surface area contributed by atoms with Gasteiger partial charge >= 0.3 is 0 Å². The first-order chi connectivity index (χ1) is 14.0. The fourth-order valence-electron chi connectivity index (χ4n) is 4.76. The van der Waals surface area contributed by atoms with E-state index in [4.69, 9.17) is 4.74 Å². The number of fused-ring (bicyclic) bond motifs is 1.